The monoisotopic (exact) mass is 366 g/mol. The summed E-state index contributed by atoms with van der Waals surface area (Å²) in [4.78, 5) is 17.5. The quantitative estimate of drug-likeness (QED) is 0.724. The van der Waals surface area contributed by atoms with Crippen molar-refractivity contribution in [1.29, 1.82) is 0 Å². The van der Waals surface area contributed by atoms with E-state index in [0.717, 1.165) is 39.3 Å². The number of methoxy groups -OCH3 is 2. The van der Waals surface area contributed by atoms with Gasteiger partial charge >= 0.3 is 0 Å². The van der Waals surface area contributed by atoms with Crippen molar-refractivity contribution < 1.29 is 19.1 Å². The van der Waals surface area contributed by atoms with Gasteiger partial charge in [-0.1, -0.05) is 0 Å². The zero-order valence-electron chi connectivity index (χ0n) is 14.6. The third kappa shape index (κ3) is 3.86. The fraction of sp³-hybridized carbons (Fsp3) is 0.529. The van der Waals surface area contributed by atoms with E-state index < -0.39 is 0 Å². The molecule has 0 saturated carbocycles. The number of ether oxygens (including phenoxy) is 3. The number of rotatable bonds is 6. The topological polar surface area (TPSA) is 69.9 Å². The first kappa shape index (κ1) is 17.9. The Bertz CT molecular complexity index is 855. The smallest absolute Gasteiger partial charge is 0.262 e. The van der Waals surface area contributed by atoms with Crippen molar-refractivity contribution in [2.45, 2.75) is 13.0 Å². The standard InChI is InChI=1S/C17H23N3O4S/c1-22-14-10-12-13(11-15(14)23-2)18-17(25)20(16(12)21)5-3-4-19-6-8-24-9-7-19/h10-11H,3-9H2,1-2H3,(H,18,25)/p+1. The molecule has 0 atom stereocenters. The van der Waals surface area contributed by atoms with E-state index in [1.807, 2.05) is 0 Å². The highest BCUT2D eigenvalue weighted by Crippen LogP contribution is 2.29. The molecular weight excluding hydrogens is 342 g/mol. The van der Waals surface area contributed by atoms with Gasteiger partial charge in [-0.25, -0.2) is 0 Å². The number of aromatic nitrogens is 2. The number of quaternary nitrogens is 1. The van der Waals surface area contributed by atoms with Gasteiger partial charge in [-0.3, -0.25) is 9.36 Å². The van der Waals surface area contributed by atoms with E-state index in [-0.39, 0.29) is 5.56 Å². The molecule has 1 fully saturated rings. The number of nitrogens with zero attached hydrogens (tertiary/aromatic N) is 1. The summed E-state index contributed by atoms with van der Waals surface area (Å²) in [7, 11) is 3.12. The van der Waals surface area contributed by atoms with Crippen molar-refractivity contribution in [1.82, 2.24) is 9.55 Å². The molecule has 1 aromatic heterocycles. The van der Waals surface area contributed by atoms with Crippen LogP contribution in [0.2, 0.25) is 0 Å². The Labute approximate surface area is 151 Å². The van der Waals surface area contributed by atoms with Crippen molar-refractivity contribution in [3.05, 3.63) is 27.3 Å². The van der Waals surface area contributed by atoms with Crippen molar-refractivity contribution in [3.63, 3.8) is 0 Å². The van der Waals surface area contributed by atoms with Gasteiger partial charge in [0.15, 0.2) is 16.3 Å². The van der Waals surface area contributed by atoms with Gasteiger partial charge in [0, 0.05) is 19.0 Å². The highest BCUT2D eigenvalue weighted by atomic mass is 32.1. The predicted octanol–water partition coefficient (Wildman–Crippen LogP) is 0.381. The summed E-state index contributed by atoms with van der Waals surface area (Å²) in [5.74, 6) is 1.09. The zero-order chi connectivity index (χ0) is 17.8. The largest absolute Gasteiger partial charge is 0.493 e. The molecule has 2 N–H and O–H groups in total. The number of hydrogen-bond donors (Lipinski definition) is 2. The number of morpholine rings is 1. The zero-order valence-corrected chi connectivity index (χ0v) is 15.4. The maximum Gasteiger partial charge on any atom is 0.262 e. The van der Waals surface area contributed by atoms with E-state index in [0.29, 0.717) is 33.7 Å². The lowest BCUT2D eigenvalue weighted by Gasteiger charge is -2.23. The van der Waals surface area contributed by atoms with Gasteiger partial charge in [0.05, 0.1) is 44.9 Å². The molecule has 8 heteroatoms. The fourth-order valence-corrected chi connectivity index (χ4v) is 3.46. The number of benzene rings is 1. The summed E-state index contributed by atoms with van der Waals surface area (Å²) in [6, 6.07) is 3.44. The second kappa shape index (κ2) is 7.99. The summed E-state index contributed by atoms with van der Waals surface area (Å²) in [6.07, 6.45) is 0.894. The normalized spacial score (nSPS) is 15.4. The Morgan fingerprint density at radius 1 is 1.24 bits per heavy atom. The fourth-order valence-electron chi connectivity index (χ4n) is 3.18. The van der Waals surface area contributed by atoms with Crippen LogP contribution >= 0.6 is 12.2 Å². The summed E-state index contributed by atoms with van der Waals surface area (Å²) in [5, 5.41) is 0.546. The average Bonchev–Trinajstić information content (AvgIpc) is 2.64. The first-order valence-electron chi connectivity index (χ1n) is 8.44. The van der Waals surface area contributed by atoms with Gasteiger partial charge in [-0.15, -0.1) is 0 Å². The molecule has 1 aliphatic heterocycles. The summed E-state index contributed by atoms with van der Waals surface area (Å²) in [6.45, 7) is 5.28. The predicted molar refractivity (Wildman–Crippen MR) is 97.5 cm³/mol. The van der Waals surface area contributed by atoms with Crippen LogP contribution in [0.15, 0.2) is 16.9 Å². The first-order chi connectivity index (χ1) is 12.1. The molecule has 0 spiro atoms. The molecule has 2 heterocycles. The number of fused-ring (bicyclic) bond motifs is 1. The van der Waals surface area contributed by atoms with E-state index in [4.69, 9.17) is 26.4 Å². The second-order valence-electron chi connectivity index (χ2n) is 6.11. The lowest BCUT2D eigenvalue weighted by Crippen LogP contribution is -3.14. The van der Waals surface area contributed by atoms with Crippen LogP contribution < -0.4 is 19.9 Å². The SMILES string of the molecule is COc1cc2[nH]c(=S)n(CCC[NH+]3CCOCC3)c(=O)c2cc1OC. The average molecular weight is 366 g/mol. The van der Waals surface area contributed by atoms with E-state index in [2.05, 4.69) is 4.98 Å². The van der Waals surface area contributed by atoms with Crippen LogP contribution in [0, 0.1) is 4.77 Å². The van der Waals surface area contributed by atoms with Crippen LogP contribution in [0.1, 0.15) is 6.42 Å². The molecule has 0 bridgehead atoms. The van der Waals surface area contributed by atoms with Crippen LogP contribution in [0.25, 0.3) is 10.9 Å². The number of nitrogens with one attached hydrogen (secondary N) is 2. The van der Waals surface area contributed by atoms with Gasteiger partial charge in [0.2, 0.25) is 0 Å². The van der Waals surface area contributed by atoms with E-state index in [1.165, 1.54) is 4.90 Å². The van der Waals surface area contributed by atoms with Crippen molar-refractivity contribution in [2.75, 3.05) is 47.1 Å². The molecule has 0 radical (unpaired) electrons. The third-order valence-corrected chi connectivity index (χ3v) is 4.92. The molecular formula is C17H24N3O4S+. The van der Waals surface area contributed by atoms with Gasteiger partial charge in [-0.2, -0.15) is 0 Å². The summed E-state index contributed by atoms with van der Waals surface area (Å²) in [5.41, 5.74) is 0.555. The number of hydrogen-bond acceptors (Lipinski definition) is 5. The van der Waals surface area contributed by atoms with Gasteiger partial charge in [-0.05, 0) is 18.3 Å². The molecule has 2 aromatic rings. The minimum atomic E-state index is -0.100. The minimum absolute atomic E-state index is 0.100. The van der Waals surface area contributed by atoms with E-state index in [1.54, 1.807) is 30.9 Å². The Balaban J connectivity index is 1.85. The molecule has 0 unspecified atom stereocenters. The maximum absolute atomic E-state index is 12.9. The van der Waals surface area contributed by atoms with Crippen LogP contribution in [-0.4, -0.2) is 56.6 Å². The van der Waals surface area contributed by atoms with Crippen molar-refractivity contribution >= 4 is 23.1 Å². The third-order valence-electron chi connectivity index (χ3n) is 4.60. The molecule has 25 heavy (non-hydrogen) atoms. The highest BCUT2D eigenvalue weighted by molar-refractivity contribution is 7.71. The Morgan fingerprint density at radius 2 is 1.92 bits per heavy atom. The van der Waals surface area contributed by atoms with Crippen molar-refractivity contribution in [2.24, 2.45) is 0 Å². The Kier molecular flexibility index (Phi) is 5.72. The maximum atomic E-state index is 12.9. The molecule has 0 aliphatic carbocycles. The van der Waals surface area contributed by atoms with Crippen LogP contribution in [0.5, 0.6) is 11.5 Å². The van der Waals surface area contributed by atoms with Crippen LogP contribution in [0.4, 0.5) is 0 Å². The lowest BCUT2D eigenvalue weighted by atomic mass is 10.2. The minimum Gasteiger partial charge on any atom is -0.493 e. The first-order valence-corrected chi connectivity index (χ1v) is 8.85. The van der Waals surface area contributed by atoms with Crippen molar-refractivity contribution in [3.8, 4) is 11.5 Å². The molecule has 0 amide bonds. The highest BCUT2D eigenvalue weighted by Gasteiger charge is 2.15. The molecule has 1 aromatic carbocycles. The Morgan fingerprint density at radius 3 is 2.60 bits per heavy atom. The van der Waals surface area contributed by atoms with Gasteiger partial charge in [0.25, 0.3) is 5.56 Å². The molecule has 3 rings (SSSR count). The molecule has 136 valence electrons. The molecule has 7 nitrogen and oxygen atoms in total. The lowest BCUT2D eigenvalue weighted by molar-refractivity contribution is -0.908. The van der Waals surface area contributed by atoms with Crippen LogP contribution in [0.3, 0.4) is 0 Å². The molecule has 1 saturated heterocycles. The summed E-state index contributed by atoms with van der Waals surface area (Å²) < 4.78 is 18.0. The Hall–Kier alpha value is -1.90. The van der Waals surface area contributed by atoms with E-state index >= 15 is 0 Å². The molecule has 1 aliphatic rings. The number of aromatic amines is 1. The van der Waals surface area contributed by atoms with Gasteiger partial charge < -0.3 is 24.1 Å². The number of H-pyrrole nitrogens is 1. The van der Waals surface area contributed by atoms with Gasteiger partial charge in [0.1, 0.15) is 13.1 Å². The van der Waals surface area contributed by atoms with E-state index in [9.17, 15) is 4.79 Å². The van der Waals surface area contributed by atoms with Crippen LogP contribution in [-0.2, 0) is 11.3 Å². The second-order valence-corrected chi connectivity index (χ2v) is 6.49. The summed E-state index contributed by atoms with van der Waals surface area (Å²) >= 11 is 5.39.